The Morgan fingerprint density at radius 1 is 1.07 bits per heavy atom. The molecule has 2 N–H and O–H groups in total. The fourth-order valence-corrected chi connectivity index (χ4v) is 3.44. The Hall–Kier alpha value is -2.86. The van der Waals surface area contributed by atoms with Crippen molar-refractivity contribution in [3.8, 4) is 16.9 Å². The number of benzene rings is 2. The van der Waals surface area contributed by atoms with Gasteiger partial charge in [0, 0.05) is 25.3 Å². The van der Waals surface area contributed by atoms with Crippen LogP contribution in [0.15, 0.2) is 54.6 Å². The third-order valence-corrected chi connectivity index (χ3v) is 5.00. The molecule has 1 unspecified atom stereocenters. The molecule has 2 aromatic carbocycles. The standard InChI is InChI=1S/C22H25NO5/c24-21(23-14-19(22(25)26)17-10-12-27-13-11-17)15-28-20-9-5-4-8-18(20)16-6-2-1-3-7-16/h1-9,17,19H,10-15H2,(H,23,24)(H,25,26). The van der Waals surface area contributed by atoms with Crippen LogP contribution in [0.25, 0.3) is 11.1 Å². The van der Waals surface area contributed by atoms with E-state index in [4.69, 9.17) is 9.47 Å². The van der Waals surface area contributed by atoms with Crippen molar-refractivity contribution in [1.29, 1.82) is 0 Å². The van der Waals surface area contributed by atoms with E-state index in [1.165, 1.54) is 0 Å². The highest BCUT2D eigenvalue weighted by molar-refractivity contribution is 5.79. The van der Waals surface area contributed by atoms with Crippen LogP contribution in [0.1, 0.15) is 12.8 Å². The van der Waals surface area contributed by atoms with Gasteiger partial charge in [-0.2, -0.15) is 0 Å². The molecule has 1 amide bonds. The van der Waals surface area contributed by atoms with E-state index in [0.29, 0.717) is 31.8 Å². The van der Waals surface area contributed by atoms with E-state index in [0.717, 1.165) is 11.1 Å². The number of hydrogen-bond acceptors (Lipinski definition) is 4. The zero-order valence-corrected chi connectivity index (χ0v) is 15.7. The number of carboxylic acid groups (broad SMARTS) is 1. The molecule has 0 saturated carbocycles. The molecule has 1 saturated heterocycles. The third-order valence-electron chi connectivity index (χ3n) is 5.00. The number of ether oxygens (including phenoxy) is 2. The van der Waals surface area contributed by atoms with Crippen LogP contribution < -0.4 is 10.1 Å². The minimum absolute atomic E-state index is 0.0197. The molecule has 28 heavy (non-hydrogen) atoms. The number of hydrogen-bond donors (Lipinski definition) is 2. The first-order valence-electron chi connectivity index (χ1n) is 9.49. The fraction of sp³-hybridized carbons (Fsp3) is 0.364. The summed E-state index contributed by atoms with van der Waals surface area (Å²) in [5.41, 5.74) is 1.91. The number of para-hydroxylation sites is 1. The molecule has 1 atom stereocenters. The van der Waals surface area contributed by atoms with Crippen molar-refractivity contribution in [3.05, 3.63) is 54.6 Å². The molecule has 1 fully saturated rings. The molecule has 0 bridgehead atoms. The Bertz CT molecular complexity index is 787. The summed E-state index contributed by atoms with van der Waals surface area (Å²) < 4.78 is 11.0. The Morgan fingerprint density at radius 3 is 2.46 bits per heavy atom. The third kappa shape index (κ3) is 5.33. The van der Waals surface area contributed by atoms with Crippen LogP contribution in [0.3, 0.4) is 0 Å². The summed E-state index contributed by atoms with van der Waals surface area (Å²) in [6.07, 6.45) is 1.40. The van der Waals surface area contributed by atoms with E-state index in [1.54, 1.807) is 0 Å². The van der Waals surface area contributed by atoms with Crippen LogP contribution in [-0.4, -0.2) is 43.3 Å². The van der Waals surface area contributed by atoms with Crippen LogP contribution in [0.4, 0.5) is 0 Å². The number of aliphatic carboxylic acids is 1. The van der Waals surface area contributed by atoms with Gasteiger partial charge in [0.15, 0.2) is 6.61 Å². The van der Waals surface area contributed by atoms with Gasteiger partial charge in [0.05, 0.1) is 5.92 Å². The first-order chi connectivity index (χ1) is 13.6. The van der Waals surface area contributed by atoms with Crippen LogP contribution in [0, 0.1) is 11.8 Å². The number of nitrogens with one attached hydrogen (secondary N) is 1. The quantitative estimate of drug-likeness (QED) is 0.732. The number of carboxylic acids is 1. The number of carbonyl (C=O) groups is 2. The summed E-state index contributed by atoms with van der Waals surface area (Å²) in [6, 6.07) is 17.3. The normalized spacial score (nSPS) is 15.6. The molecule has 0 radical (unpaired) electrons. The zero-order chi connectivity index (χ0) is 19.8. The van der Waals surface area contributed by atoms with Crippen molar-refractivity contribution < 1.29 is 24.2 Å². The van der Waals surface area contributed by atoms with E-state index >= 15 is 0 Å². The van der Waals surface area contributed by atoms with E-state index < -0.39 is 11.9 Å². The second-order valence-electron chi connectivity index (χ2n) is 6.85. The van der Waals surface area contributed by atoms with Gasteiger partial charge in [-0.1, -0.05) is 48.5 Å². The summed E-state index contributed by atoms with van der Waals surface area (Å²) in [5, 5.41) is 12.2. The predicted octanol–water partition coefficient (Wildman–Crippen LogP) is 2.98. The Balaban J connectivity index is 1.55. The highest BCUT2D eigenvalue weighted by Crippen LogP contribution is 2.29. The topological polar surface area (TPSA) is 84.9 Å². The summed E-state index contributed by atoms with van der Waals surface area (Å²) in [7, 11) is 0. The van der Waals surface area contributed by atoms with Crippen molar-refractivity contribution in [2.24, 2.45) is 11.8 Å². The molecule has 1 aliphatic rings. The van der Waals surface area contributed by atoms with Crippen LogP contribution in [-0.2, 0) is 14.3 Å². The first-order valence-corrected chi connectivity index (χ1v) is 9.49. The lowest BCUT2D eigenvalue weighted by atomic mass is 9.86. The maximum atomic E-state index is 12.2. The lowest BCUT2D eigenvalue weighted by Gasteiger charge is -2.27. The molecular weight excluding hydrogens is 358 g/mol. The first kappa shape index (κ1) is 19.9. The summed E-state index contributed by atoms with van der Waals surface area (Å²) in [6.45, 7) is 1.08. The SMILES string of the molecule is O=C(COc1ccccc1-c1ccccc1)NCC(C(=O)O)C1CCOCC1. The lowest BCUT2D eigenvalue weighted by molar-refractivity contribution is -0.145. The van der Waals surface area contributed by atoms with Gasteiger partial charge >= 0.3 is 5.97 Å². The van der Waals surface area contributed by atoms with E-state index in [-0.39, 0.29) is 25.0 Å². The van der Waals surface area contributed by atoms with E-state index in [1.807, 2.05) is 54.6 Å². The van der Waals surface area contributed by atoms with E-state index in [2.05, 4.69) is 5.32 Å². The Morgan fingerprint density at radius 2 is 1.75 bits per heavy atom. The molecule has 0 aromatic heterocycles. The van der Waals surface area contributed by atoms with E-state index in [9.17, 15) is 14.7 Å². The fourth-order valence-electron chi connectivity index (χ4n) is 3.44. The van der Waals surface area contributed by atoms with Crippen molar-refractivity contribution in [1.82, 2.24) is 5.32 Å². The second-order valence-corrected chi connectivity index (χ2v) is 6.85. The smallest absolute Gasteiger partial charge is 0.308 e. The molecule has 148 valence electrons. The molecule has 2 aromatic rings. The predicted molar refractivity (Wildman–Crippen MR) is 105 cm³/mol. The summed E-state index contributed by atoms with van der Waals surface area (Å²) in [5.74, 6) is -1.19. The Labute approximate surface area is 164 Å². The van der Waals surface area contributed by atoms with Gasteiger partial charge in [0.1, 0.15) is 5.75 Å². The number of rotatable bonds is 8. The molecule has 6 heteroatoms. The summed E-state index contributed by atoms with van der Waals surface area (Å²) in [4.78, 5) is 23.8. The number of amides is 1. The van der Waals surface area contributed by atoms with Gasteiger partial charge in [-0.15, -0.1) is 0 Å². The molecular formula is C22H25NO5. The van der Waals surface area contributed by atoms with Crippen molar-refractivity contribution >= 4 is 11.9 Å². The van der Waals surface area contributed by atoms with Crippen molar-refractivity contribution in [3.63, 3.8) is 0 Å². The number of carbonyl (C=O) groups excluding carboxylic acids is 1. The highest BCUT2D eigenvalue weighted by atomic mass is 16.5. The minimum atomic E-state index is -0.887. The van der Waals surface area contributed by atoms with Gasteiger partial charge in [0.25, 0.3) is 5.91 Å². The molecule has 1 aliphatic heterocycles. The van der Waals surface area contributed by atoms with Crippen molar-refractivity contribution in [2.45, 2.75) is 12.8 Å². The van der Waals surface area contributed by atoms with Gasteiger partial charge in [-0.25, -0.2) is 0 Å². The van der Waals surface area contributed by atoms with Crippen LogP contribution >= 0.6 is 0 Å². The molecule has 0 spiro atoms. The van der Waals surface area contributed by atoms with Gasteiger partial charge in [0.2, 0.25) is 0 Å². The van der Waals surface area contributed by atoms with Gasteiger partial charge in [-0.05, 0) is 30.4 Å². The zero-order valence-electron chi connectivity index (χ0n) is 15.7. The van der Waals surface area contributed by atoms with Crippen LogP contribution in [0.5, 0.6) is 5.75 Å². The Kier molecular flexibility index (Phi) is 7.03. The minimum Gasteiger partial charge on any atom is -0.483 e. The molecule has 3 rings (SSSR count). The van der Waals surface area contributed by atoms with Gasteiger partial charge < -0.3 is 19.9 Å². The highest BCUT2D eigenvalue weighted by Gasteiger charge is 2.30. The average Bonchev–Trinajstić information content (AvgIpc) is 2.74. The second kappa shape index (κ2) is 9.90. The van der Waals surface area contributed by atoms with Gasteiger partial charge in [-0.3, -0.25) is 9.59 Å². The maximum Gasteiger partial charge on any atom is 0.308 e. The maximum absolute atomic E-state index is 12.2. The average molecular weight is 383 g/mol. The monoisotopic (exact) mass is 383 g/mol. The molecule has 0 aliphatic carbocycles. The molecule has 1 heterocycles. The lowest BCUT2D eigenvalue weighted by Crippen LogP contribution is -2.40. The summed E-state index contributed by atoms with van der Waals surface area (Å²) >= 11 is 0. The van der Waals surface area contributed by atoms with Crippen molar-refractivity contribution in [2.75, 3.05) is 26.4 Å². The molecule has 6 nitrogen and oxygen atoms in total. The van der Waals surface area contributed by atoms with Crippen LogP contribution in [0.2, 0.25) is 0 Å². The largest absolute Gasteiger partial charge is 0.483 e.